The van der Waals surface area contributed by atoms with Gasteiger partial charge in [-0.05, 0) is 0 Å². The molecule has 0 saturated carbocycles. The molecule has 0 fully saturated rings. The molecule has 0 radical (unpaired) electrons. The highest BCUT2D eigenvalue weighted by Crippen LogP contribution is 2.17. The number of nitrogens with one attached hydrogen (secondary N) is 1. The fraction of sp³-hybridized carbons (Fsp3) is 0.333. The number of H-pyrrole nitrogens is 1. The molecule has 0 spiro atoms. The van der Waals surface area contributed by atoms with Gasteiger partial charge in [0.1, 0.15) is 5.56 Å². The van der Waals surface area contributed by atoms with Crippen LogP contribution >= 0.6 is 0 Å². The first-order chi connectivity index (χ1) is 8.45. The van der Waals surface area contributed by atoms with E-state index in [9.17, 15) is 13.2 Å². The number of aromatic nitrogens is 2. The van der Waals surface area contributed by atoms with Gasteiger partial charge in [-0.3, -0.25) is 5.10 Å². The van der Waals surface area contributed by atoms with Crippen LogP contribution in [0.5, 0.6) is 0 Å². The molecule has 1 heterocycles. The van der Waals surface area contributed by atoms with Gasteiger partial charge in [-0.1, -0.05) is 6.08 Å². The van der Waals surface area contributed by atoms with Crippen LogP contribution in [-0.2, 0) is 10.0 Å². The summed E-state index contributed by atoms with van der Waals surface area (Å²) >= 11 is 0. The molecule has 0 aliphatic carbocycles. The number of aromatic amines is 1. The van der Waals surface area contributed by atoms with Gasteiger partial charge >= 0.3 is 5.97 Å². The molecule has 0 atom stereocenters. The van der Waals surface area contributed by atoms with Gasteiger partial charge in [0.25, 0.3) is 10.0 Å². The van der Waals surface area contributed by atoms with Crippen molar-refractivity contribution in [2.75, 3.05) is 19.7 Å². The number of carboxylic acids is 1. The van der Waals surface area contributed by atoms with E-state index in [1.54, 1.807) is 0 Å². The number of nitrogens with zero attached hydrogens (tertiary/aromatic N) is 2. The summed E-state index contributed by atoms with van der Waals surface area (Å²) in [5.74, 6) is -1.40. The maximum absolute atomic E-state index is 12.1. The minimum Gasteiger partial charge on any atom is -0.478 e. The number of aliphatic hydroxyl groups excluding tert-OH is 1. The highest BCUT2D eigenvalue weighted by molar-refractivity contribution is 7.89. The third kappa shape index (κ3) is 2.75. The lowest BCUT2D eigenvalue weighted by atomic mass is 10.4. The van der Waals surface area contributed by atoms with Crippen LogP contribution in [0.2, 0.25) is 0 Å². The summed E-state index contributed by atoms with van der Waals surface area (Å²) < 4.78 is 25.2. The van der Waals surface area contributed by atoms with Gasteiger partial charge in [0, 0.05) is 13.1 Å². The van der Waals surface area contributed by atoms with Gasteiger partial charge < -0.3 is 10.2 Å². The molecular weight excluding hydrogens is 262 g/mol. The molecule has 0 saturated heterocycles. The lowest BCUT2D eigenvalue weighted by Crippen LogP contribution is -2.34. The summed E-state index contributed by atoms with van der Waals surface area (Å²) in [6, 6.07) is 0. The molecule has 8 nitrogen and oxygen atoms in total. The average molecular weight is 275 g/mol. The van der Waals surface area contributed by atoms with E-state index >= 15 is 0 Å². The van der Waals surface area contributed by atoms with E-state index in [-0.39, 0.29) is 19.7 Å². The fourth-order valence-electron chi connectivity index (χ4n) is 1.32. The molecule has 1 aromatic rings. The van der Waals surface area contributed by atoms with Crippen molar-refractivity contribution in [3.8, 4) is 0 Å². The zero-order valence-corrected chi connectivity index (χ0v) is 10.2. The van der Waals surface area contributed by atoms with Gasteiger partial charge in [0.15, 0.2) is 5.03 Å². The zero-order valence-electron chi connectivity index (χ0n) is 9.40. The van der Waals surface area contributed by atoms with E-state index < -0.39 is 26.6 Å². The summed E-state index contributed by atoms with van der Waals surface area (Å²) in [5.41, 5.74) is -0.443. The predicted octanol–water partition coefficient (Wildman–Crippen LogP) is -0.723. The Bertz CT molecular complexity index is 536. The van der Waals surface area contributed by atoms with Crippen molar-refractivity contribution in [3.63, 3.8) is 0 Å². The monoisotopic (exact) mass is 275 g/mol. The normalized spacial score (nSPS) is 11.7. The second-order valence-electron chi connectivity index (χ2n) is 3.29. The topological polar surface area (TPSA) is 124 Å². The quantitative estimate of drug-likeness (QED) is 0.564. The van der Waals surface area contributed by atoms with Crippen LogP contribution in [0.25, 0.3) is 0 Å². The summed E-state index contributed by atoms with van der Waals surface area (Å²) in [6.45, 7) is 2.82. The van der Waals surface area contributed by atoms with Crippen LogP contribution < -0.4 is 0 Å². The number of aromatic carboxylic acids is 1. The van der Waals surface area contributed by atoms with Crippen LogP contribution in [0, 0.1) is 0 Å². The molecular formula is C9H13N3O5S. The molecule has 0 bridgehead atoms. The SMILES string of the molecule is C=CCN(CCO)S(=O)(=O)c1[nH]ncc1C(=O)O. The molecule has 100 valence electrons. The number of rotatable bonds is 7. The molecule has 0 amide bonds. The molecule has 1 rings (SSSR count). The number of carboxylic acid groups (broad SMARTS) is 1. The molecule has 18 heavy (non-hydrogen) atoms. The summed E-state index contributed by atoms with van der Waals surface area (Å²) in [4.78, 5) is 10.9. The summed E-state index contributed by atoms with van der Waals surface area (Å²) in [6.07, 6.45) is 2.25. The standard InChI is InChI=1S/C9H13N3O5S/c1-2-3-12(4-5-13)18(16,17)8-7(9(14)15)6-10-11-8/h2,6,13H,1,3-5H2,(H,10,11)(H,14,15). The summed E-state index contributed by atoms with van der Waals surface area (Å²) in [7, 11) is -4.05. The Kier molecular flexibility index (Phi) is 4.59. The molecule has 0 aliphatic rings. The van der Waals surface area contributed by atoms with Crippen molar-refractivity contribution in [3.05, 3.63) is 24.4 Å². The molecule has 1 aromatic heterocycles. The van der Waals surface area contributed by atoms with E-state index in [1.165, 1.54) is 6.08 Å². The second kappa shape index (κ2) is 5.76. The Morgan fingerprint density at radius 3 is 2.78 bits per heavy atom. The molecule has 0 unspecified atom stereocenters. The van der Waals surface area contributed by atoms with Gasteiger partial charge in [0.2, 0.25) is 0 Å². The lowest BCUT2D eigenvalue weighted by Gasteiger charge is -2.18. The highest BCUT2D eigenvalue weighted by atomic mass is 32.2. The molecule has 0 aliphatic heterocycles. The van der Waals surface area contributed by atoms with E-state index in [0.29, 0.717) is 0 Å². The minimum absolute atomic E-state index is 0.0407. The van der Waals surface area contributed by atoms with E-state index in [4.69, 9.17) is 10.2 Å². The molecule has 0 aromatic carbocycles. The van der Waals surface area contributed by atoms with Crippen molar-refractivity contribution >= 4 is 16.0 Å². The van der Waals surface area contributed by atoms with E-state index in [2.05, 4.69) is 16.8 Å². The first-order valence-electron chi connectivity index (χ1n) is 4.93. The fourth-order valence-corrected chi connectivity index (χ4v) is 2.79. The Balaban J connectivity index is 3.21. The van der Waals surface area contributed by atoms with Crippen LogP contribution in [0.15, 0.2) is 23.9 Å². The minimum atomic E-state index is -4.05. The zero-order chi connectivity index (χ0) is 13.8. The van der Waals surface area contributed by atoms with Crippen LogP contribution in [0.1, 0.15) is 10.4 Å². The highest BCUT2D eigenvalue weighted by Gasteiger charge is 2.30. The van der Waals surface area contributed by atoms with Gasteiger partial charge in [-0.2, -0.15) is 9.40 Å². The second-order valence-corrected chi connectivity index (χ2v) is 5.17. The van der Waals surface area contributed by atoms with Crippen molar-refractivity contribution in [1.82, 2.24) is 14.5 Å². The third-order valence-electron chi connectivity index (χ3n) is 2.11. The van der Waals surface area contributed by atoms with E-state index in [1.807, 2.05) is 0 Å². The predicted molar refractivity (Wildman–Crippen MR) is 61.6 cm³/mol. The number of hydrogen-bond donors (Lipinski definition) is 3. The van der Waals surface area contributed by atoms with Gasteiger partial charge in [-0.15, -0.1) is 6.58 Å². The summed E-state index contributed by atoms with van der Waals surface area (Å²) in [5, 5.41) is 22.7. The van der Waals surface area contributed by atoms with Crippen molar-refractivity contribution in [2.24, 2.45) is 0 Å². The van der Waals surface area contributed by atoms with Crippen molar-refractivity contribution in [2.45, 2.75) is 5.03 Å². The first-order valence-corrected chi connectivity index (χ1v) is 6.37. The number of hydrogen-bond acceptors (Lipinski definition) is 5. The maximum atomic E-state index is 12.1. The lowest BCUT2D eigenvalue weighted by molar-refractivity contribution is 0.0692. The first kappa shape index (κ1) is 14.4. The van der Waals surface area contributed by atoms with Gasteiger partial charge in [-0.25, -0.2) is 13.2 Å². The van der Waals surface area contributed by atoms with E-state index in [0.717, 1.165) is 10.5 Å². The number of carbonyl (C=O) groups is 1. The van der Waals surface area contributed by atoms with Gasteiger partial charge in [0.05, 0.1) is 12.8 Å². The Hall–Kier alpha value is -1.71. The molecule has 3 N–H and O–H groups in total. The third-order valence-corrected chi connectivity index (χ3v) is 3.95. The number of sulfonamides is 1. The largest absolute Gasteiger partial charge is 0.478 e. The Morgan fingerprint density at radius 2 is 2.28 bits per heavy atom. The molecule has 9 heteroatoms. The number of aliphatic hydroxyl groups is 1. The average Bonchev–Trinajstić information content (AvgIpc) is 2.78. The Labute approximate surface area is 104 Å². The Morgan fingerprint density at radius 1 is 1.61 bits per heavy atom. The van der Waals surface area contributed by atoms with Crippen LogP contribution in [-0.4, -0.2) is 58.8 Å². The smallest absolute Gasteiger partial charge is 0.340 e. The van der Waals surface area contributed by atoms with Crippen LogP contribution in [0.3, 0.4) is 0 Å². The maximum Gasteiger partial charge on any atom is 0.340 e. The van der Waals surface area contributed by atoms with Crippen molar-refractivity contribution < 1.29 is 23.4 Å². The van der Waals surface area contributed by atoms with Crippen LogP contribution in [0.4, 0.5) is 0 Å². The van der Waals surface area contributed by atoms with Crippen molar-refractivity contribution in [1.29, 1.82) is 0 Å².